The molecule has 0 radical (unpaired) electrons. The van der Waals surface area contributed by atoms with E-state index in [0.717, 1.165) is 11.3 Å². The largest absolute Gasteiger partial charge is 0.496 e. The van der Waals surface area contributed by atoms with Crippen molar-refractivity contribution in [3.63, 3.8) is 0 Å². The highest BCUT2D eigenvalue weighted by Crippen LogP contribution is 2.18. The topological polar surface area (TPSA) is 101 Å². The Labute approximate surface area is 123 Å². The fourth-order valence-corrected chi connectivity index (χ4v) is 1.73. The van der Waals surface area contributed by atoms with Crippen LogP contribution in [0.25, 0.3) is 0 Å². The third-order valence-corrected chi connectivity index (χ3v) is 2.78. The van der Waals surface area contributed by atoms with Gasteiger partial charge < -0.3 is 15.0 Å². The molecule has 2 aromatic rings. The predicted octanol–water partition coefficient (Wildman–Crippen LogP) is 0.844. The van der Waals surface area contributed by atoms with E-state index >= 15 is 0 Å². The number of nitrogens with zero attached hydrogens (tertiary/aromatic N) is 4. The summed E-state index contributed by atoms with van der Waals surface area (Å²) in [4.78, 5) is 14.4. The second-order valence-electron chi connectivity index (χ2n) is 4.49. The minimum Gasteiger partial charge on any atom is -0.496 e. The fourth-order valence-electron chi connectivity index (χ4n) is 1.73. The summed E-state index contributed by atoms with van der Waals surface area (Å²) in [5.74, 6) is 7.43. The van der Waals surface area contributed by atoms with Gasteiger partial charge in [0, 0.05) is 26.2 Å². The number of hydrazine groups is 1. The number of para-hydroxylation sites is 1. The highest BCUT2D eigenvalue weighted by atomic mass is 16.5. The Balaban J connectivity index is 2.17. The summed E-state index contributed by atoms with van der Waals surface area (Å²) in [6.07, 6.45) is 0. The zero-order chi connectivity index (χ0) is 15.2. The molecule has 0 bridgehead atoms. The second kappa shape index (κ2) is 6.71. The van der Waals surface area contributed by atoms with Gasteiger partial charge in [-0.1, -0.05) is 18.2 Å². The summed E-state index contributed by atoms with van der Waals surface area (Å²) < 4.78 is 5.31. The van der Waals surface area contributed by atoms with Crippen molar-refractivity contribution in [2.75, 3.05) is 36.8 Å². The van der Waals surface area contributed by atoms with Gasteiger partial charge in [0.1, 0.15) is 5.75 Å². The molecule has 112 valence electrons. The molecule has 0 aliphatic heterocycles. The number of anilines is 3. The van der Waals surface area contributed by atoms with Gasteiger partial charge in [-0.25, -0.2) is 5.84 Å². The van der Waals surface area contributed by atoms with E-state index in [9.17, 15) is 0 Å². The lowest BCUT2D eigenvalue weighted by Gasteiger charge is -2.14. The van der Waals surface area contributed by atoms with Gasteiger partial charge in [-0.2, -0.15) is 15.0 Å². The molecule has 2 rings (SSSR count). The number of hydrogen-bond acceptors (Lipinski definition) is 8. The Kier molecular flexibility index (Phi) is 4.72. The summed E-state index contributed by atoms with van der Waals surface area (Å²) in [7, 11) is 5.33. The second-order valence-corrected chi connectivity index (χ2v) is 4.49. The number of aromatic nitrogens is 3. The molecule has 0 aliphatic carbocycles. The lowest BCUT2D eigenvalue weighted by atomic mass is 10.2. The van der Waals surface area contributed by atoms with Crippen molar-refractivity contribution in [3.8, 4) is 5.75 Å². The normalized spacial score (nSPS) is 10.1. The van der Waals surface area contributed by atoms with E-state index in [2.05, 4.69) is 25.7 Å². The van der Waals surface area contributed by atoms with Crippen LogP contribution in [0.15, 0.2) is 24.3 Å². The molecule has 0 saturated heterocycles. The summed E-state index contributed by atoms with van der Waals surface area (Å²) in [6.45, 7) is 0.533. The van der Waals surface area contributed by atoms with Crippen molar-refractivity contribution in [1.82, 2.24) is 15.0 Å². The van der Waals surface area contributed by atoms with Gasteiger partial charge in [0.25, 0.3) is 0 Å². The number of methoxy groups -OCH3 is 1. The lowest BCUT2D eigenvalue weighted by Crippen LogP contribution is -2.19. The van der Waals surface area contributed by atoms with Gasteiger partial charge in [0.2, 0.25) is 17.8 Å². The van der Waals surface area contributed by atoms with Gasteiger partial charge in [-0.05, 0) is 6.07 Å². The van der Waals surface area contributed by atoms with Crippen LogP contribution in [0.3, 0.4) is 0 Å². The highest BCUT2D eigenvalue weighted by molar-refractivity contribution is 5.43. The molecule has 0 aliphatic rings. The van der Waals surface area contributed by atoms with E-state index < -0.39 is 0 Å². The van der Waals surface area contributed by atoms with Crippen LogP contribution in [0.4, 0.5) is 17.8 Å². The van der Waals surface area contributed by atoms with Crippen LogP contribution in [-0.4, -0.2) is 36.2 Å². The molecule has 8 nitrogen and oxygen atoms in total. The Hall–Kier alpha value is -2.61. The maximum Gasteiger partial charge on any atom is 0.243 e. The van der Waals surface area contributed by atoms with Crippen molar-refractivity contribution in [1.29, 1.82) is 0 Å². The van der Waals surface area contributed by atoms with Crippen molar-refractivity contribution in [2.24, 2.45) is 5.84 Å². The standard InChI is InChI=1S/C13H19N7O/c1-20(2)13-17-11(16-12(18-13)19-14)15-8-9-6-4-5-7-10(9)21-3/h4-7H,8,14H2,1-3H3,(H2,15,16,17,18,19). The average molecular weight is 289 g/mol. The molecule has 0 saturated carbocycles. The van der Waals surface area contributed by atoms with Gasteiger partial charge in [-0.15, -0.1) is 0 Å². The van der Waals surface area contributed by atoms with E-state index in [1.54, 1.807) is 12.0 Å². The third-order valence-electron chi connectivity index (χ3n) is 2.78. The molecule has 0 amide bonds. The SMILES string of the molecule is COc1ccccc1CNc1nc(NN)nc(N(C)C)n1. The molecule has 0 spiro atoms. The first-order valence-electron chi connectivity index (χ1n) is 6.40. The zero-order valence-electron chi connectivity index (χ0n) is 12.3. The molecule has 1 aromatic carbocycles. The molecule has 0 atom stereocenters. The molecule has 0 unspecified atom stereocenters. The molecule has 8 heteroatoms. The first-order chi connectivity index (χ1) is 10.1. The summed E-state index contributed by atoms with van der Waals surface area (Å²) in [5, 5.41) is 3.14. The monoisotopic (exact) mass is 289 g/mol. The molecule has 1 aromatic heterocycles. The lowest BCUT2D eigenvalue weighted by molar-refractivity contribution is 0.410. The smallest absolute Gasteiger partial charge is 0.243 e. The van der Waals surface area contributed by atoms with Gasteiger partial charge >= 0.3 is 0 Å². The van der Waals surface area contributed by atoms with Crippen molar-refractivity contribution >= 4 is 17.8 Å². The van der Waals surface area contributed by atoms with Crippen LogP contribution in [0.2, 0.25) is 0 Å². The Morgan fingerprint density at radius 1 is 1.14 bits per heavy atom. The predicted molar refractivity (Wildman–Crippen MR) is 82.3 cm³/mol. The van der Waals surface area contributed by atoms with E-state index in [-0.39, 0.29) is 0 Å². The number of hydrogen-bond donors (Lipinski definition) is 3. The van der Waals surface area contributed by atoms with Gasteiger partial charge in [-0.3, -0.25) is 5.43 Å². The molecular weight excluding hydrogens is 270 g/mol. The number of benzene rings is 1. The average Bonchev–Trinajstić information content (AvgIpc) is 2.52. The van der Waals surface area contributed by atoms with E-state index in [4.69, 9.17) is 10.6 Å². The summed E-state index contributed by atoms with van der Waals surface area (Å²) in [5.41, 5.74) is 3.44. The number of nitrogens with two attached hydrogens (primary N) is 1. The maximum absolute atomic E-state index is 5.37. The van der Waals surface area contributed by atoms with Crippen LogP contribution >= 0.6 is 0 Å². The molecule has 21 heavy (non-hydrogen) atoms. The first-order valence-corrected chi connectivity index (χ1v) is 6.40. The number of nitrogens with one attached hydrogen (secondary N) is 2. The summed E-state index contributed by atoms with van der Waals surface area (Å²) in [6, 6.07) is 7.75. The van der Waals surface area contributed by atoms with Crippen molar-refractivity contribution in [3.05, 3.63) is 29.8 Å². The van der Waals surface area contributed by atoms with E-state index in [1.165, 1.54) is 0 Å². The fraction of sp³-hybridized carbons (Fsp3) is 0.308. The van der Waals surface area contributed by atoms with Gasteiger partial charge in [0.05, 0.1) is 7.11 Å². The minimum atomic E-state index is 0.302. The van der Waals surface area contributed by atoms with Gasteiger partial charge in [0.15, 0.2) is 0 Å². The van der Waals surface area contributed by atoms with Crippen LogP contribution in [-0.2, 0) is 6.54 Å². The number of ether oxygens (including phenoxy) is 1. The minimum absolute atomic E-state index is 0.302. The zero-order valence-corrected chi connectivity index (χ0v) is 12.3. The highest BCUT2D eigenvalue weighted by Gasteiger charge is 2.08. The molecule has 4 N–H and O–H groups in total. The van der Waals surface area contributed by atoms with Crippen LogP contribution in [0.5, 0.6) is 5.75 Å². The van der Waals surface area contributed by atoms with Crippen molar-refractivity contribution in [2.45, 2.75) is 6.54 Å². The Morgan fingerprint density at radius 2 is 1.86 bits per heavy atom. The Bertz CT molecular complexity index is 603. The molecule has 1 heterocycles. The van der Waals surface area contributed by atoms with Crippen LogP contribution in [0, 0.1) is 0 Å². The van der Waals surface area contributed by atoms with Crippen LogP contribution in [0.1, 0.15) is 5.56 Å². The molecular formula is C13H19N7O. The van der Waals surface area contributed by atoms with E-state index in [1.807, 2.05) is 38.4 Å². The first kappa shape index (κ1) is 14.8. The van der Waals surface area contributed by atoms with Crippen LogP contribution < -0.4 is 26.2 Å². The number of rotatable bonds is 6. The van der Waals surface area contributed by atoms with Crippen molar-refractivity contribution < 1.29 is 4.74 Å². The maximum atomic E-state index is 5.37. The Morgan fingerprint density at radius 3 is 2.52 bits per heavy atom. The third kappa shape index (κ3) is 3.69. The quantitative estimate of drug-likeness (QED) is 0.531. The number of nitrogen functional groups attached to an aromatic ring is 1. The van der Waals surface area contributed by atoms with E-state index in [0.29, 0.717) is 24.4 Å². The summed E-state index contributed by atoms with van der Waals surface area (Å²) >= 11 is 0. The molecule has 0 fully saturated rings.